The van der Waals surface area contributed by atoms with Gasteiger partial charge in [-0.2, -0.15) is 0 Å². The first-order valence-corrected chi connectivity index (χ1v) is 7.60. The quantitative estimate of drug-likeness (QED) is 0.682. The van der Waals surface area contributed by atoms with E-state index < -0.39 is 8.72 Å². The zero-order valence-corrected chi connectivity index (χ0v) is 12.0. The minimum absolute atomic E-state index is 0.132. The van der Waals surface area contributed by atoms with Gasteiger partial charge in [-0.1, -0.05) is 6.92 Å². The highest BCUT2D eigenvalue weighted by Crippen LogP contribution is 2.39. The highest BCUT2D eigenvalue weighted by Gasteiger charge is 2.54. The summed E-state index contributed by atoms with van der Waals surface area (Å²) in [6, 6.07) is 0. The molecular weight excluding hydrogens is 206 g/mol. The van der Waals surface area contributed by atoms with Gasteiger partial charge in [0.15, 0.2) is 0 Å². The van der Waals surface area contributed by atoms with E-state index in [0.29, 0.717) is 5.54 Å². The van der Waals surface area contributed by atoms with Gasteiger partial charge in [0.1, 0.15) is 0 Å². The Morgan fingerprint density at radius 3 is 2.07 bits per heavy atom. The normalized spacial score (nSPS) is 28.0. The summed E-state index contributed by atoms with van der Waals surface area (Å²) in [6.45, 7) is 10.1. The third kappa shape index (κ3) is 2.28. The van der Waals surface area contributed by atoms with Crippen molar-refractivity contribution in [3.8, 4) is 0 Å². The van der Waals surface area contributed by atoms with Crippen molar-refractivity contribution in [2.24, 2.45) is 0 Å². The van der Waals surface area contributed by atoms with Gasteiger partial charge in [0, 0.05) is 25.3 Å². The monoisotopic (exact) mass is 231 g/mol. The van der Waals surface area contributed by atoms with Gasteiger partial charge >= 0.3 is 8.72 Å². The van der Waals surface area contributed by atoms with Gasteiger partial charge in [0.25, 0.3) is 0 Å². The molecule has 0 aromatic heterocycles. The summed E-state index contributed by atoms with van der Waals surface area (Å²) in [7, 11) is 1.44. The van der Waals surface area contributed by atoms with Crippen LogP contribution >= 0.6 is 0 Å². The molecule has 0 aliphatic carbocycles. The van der Waals surface area contributed by atoms with Crippen molar-refractivity contribution in [3.05, 3.63) is 0 Å². The third-order valence-corrected chi connectivity index (χ3v) is 7.76. The summed E-state index contributed by atoms with van der Waals surface area (Å²) in [4.78, 5) is 0. The van der Waals surface area contributed by atoms with Gasteiger partial charge in [-0.15, -0.1) is 0 Å². The Balaban J connectivity index is 3.01. The van der Waals surface area contributed by atoms with Crippen LogP contribution in [-0.2, 0) is 8.85 Å². The fraction of sp³-hybridized carbons (Fsp3) is 1.00. The van der Waals surface area contributed by atoms with E-state index in [1.165, 1.54) is 12.8 Å². The largest absolute Gasteiger partial charge is 0.430 e. The molecule has 0 spiro atoms. The van der Waals surface area contributed by atoms with E-state index in [0.717, 1.165) is 6.54 Å². The maximum Gasteiger partial charge on any atom is 0.430 e. The van der Waals surface area contributed by atoms with Crippen molar-refractivity contribution in [1.82, 2.24) is 4.57 Å². The van der Waals surface area contributed by atoms with Crippen LogP contribution in [0.5, 0.6) is 0 Å². The zero-order valence-electron chi connectivity index (χ0n) is 11.0. The first-order chi connectivity index (χ1) is 6.88. The lowest BCUT2D eigenvalue weighted by molar-refractivity contribution is 0.0821. The van der Waals surface area contributed by atoms with E-state index in [9.17, 15) is 0 Å². The van der Waals surface area contributed by atoms with Gasteiger partial charge in [0.2, 0.25) is 0 Å². The Kier molecular flexibility index (Phi) is 3.98. The van der Waals surface area contributed by atoms with Crippen LogP contribution < -0.4 is 0 Å². The summed E-state index contributed by atoms with van der Waals surface area (Å²) < 4.78 is 14.1. The maximum absolute atomic E-state index is 5.82. The lowest BCUT2D eigenvalue weighted by Crippen LogP contribution is -2.68. The molecule has 1 atom stereocenters. The molecule has 0 N–H and O–H groups in total. The second-order valence-corrected chi connectivity index (χ2v) is 9.01. The second-order valence-electron chi connectivity index (χ2n) is 5.40. The minimum Gasteiger partial charge on any atom is -0.386 e. The van der Waals surface area contributed by atoms with Gasteiger partial charge in [-0.25, -0.2) is 0 Å². The lowest BCUT2D eigenvalue weighted by Gasteiger charge is -2.51. The predicted octanol–water partition coefficient (Wildman–Crippen LogP) is 2.50. The number of nitrogens with zero attached hydrogens (tertiary/aromatic N) is 1. The molecule has 0 saturated carbocycles. The molecule has 0 bridgehead atoms. The van der Waals surface area contributed by atoms with E-state index in [1.807, 2.05) is 0 Å². The summed E-state index contributed by atoms with van der Waals surface area (Å²) >= 11 is 0. The summed E-state index contributed by atoms with van der Waals surface area (Å²) in [5, 5.41) is 0. The first-order valence-electron chi connectivity index (χ1n) is 5.76. The molecule has 3 nitrogen and oxygen atoms in total. The molecule has 4 heteroatoms. The molecule has 90 valence electrons. The Hall–Kier alpha value is 0.0969. The van der Waals surface area contributed by atoms with Crippen LogP contribution in [0.25, 0.3) is 0 Å². The van der Waals surface area contributed by atoms with E-state index in [2.05, 4.69) is 32.3 Å². The molecule has 1 fully saturated rings. The van der Waals surface area contributed by atoms with Crippen molar-refractivity contribution in [2.45, 2.75) is 51.6 Å². The molecule has 1 saturated heterocycles. The lowest BCUT2D eigenvalue weighted by atomic mass is 10.1. The average Bonchev–Trinajstić information content (AvgIpc) is 2.16. The second kappa shape index (κ2) is 4.53. The van der Waals surface area contributed by atoms with Crippen molar-refractivity contribution < 1.29 is 8.85 Å². The molecule has 0 aromatic rings. The highest BCUT2D eigenvalue weighted by molar-refractivity contribution is 6.66. The van der Waals surface area contributed by atoms with Crippen molar-refractivity contribution >= 4 is 8.72 Å². The summed E-state index contributed by atoms with van der Waals surface area (Å²) in [5.74, 6) is 0. The Morgan fingerprint density at radius 2 is 1.73 bits per heavy atom. The molecule has 15 heavy (non-hydrogen) atoms. The molecule has 1 rings (SSSR count). The van der Waals surface area contributed by atoms with Crippen LogP contribution in [-0.4, -0.2) is 39.6 Å². The van der Waals surface area contributed by atoms with Crippen molar-refractivity contribution in [2.75, 3.05) is 20.8 Å². The molecule has 1 aliphatic heterocycles. The number of hydrogen-bond donors (Lipinski definition) is 0. The van der Waals surface area contributed by atoms with Crippen molar-refractivity contribution in [1.29, 1.82) is 0 Å². The fourth-order valence-corrected chi connectivity index (χ4v) is 6.59. The Morgan fingerprint density at radius 1 is 1.20 bits per heavy atom. The van der Waals surface area contributed by atoms with Gasteiger partial charge in [-0.05, 0) is 40.2 Å². The predicted molar refractivity (Wildman–Crippen MR) is 64.9 cm³/mol. The SMILES string of the molecule is CO[Si]1(OC)C(C)CCCN1C(C)(C)C. The van der Waals surface area contributed by atoms with Gasteiger partial charge in [-0.3, -0.25) is 4.57 Å². The minimum atomic E-state index is -2.17. The van der Waals surface area contributed by atoms with Crippen LogP contribution in [0.15, 0.2) is 0 Å². The molecular formula is C11H25NO2Si. The topological polar surface area (TPSA) is 21.7 Å². The molecule has 1 unspecified atom stereocenters. The molecule has 0 aromatic carbocycles. The van der Waals surface area contributed by atoms with Crippen LogP contribution in [0.2, 0.25) is 5.54 Å². The molecule has 0 radical (unpaired) electrons. The Bertz CT molecular complexity index is 211. The van der Waals surface area contributed by atoms with Gasteiger partial charge < -0.3 is 8.85 Å². The summed E-state index contributed by atoms with van der Waals surface area (Å²) in [5.41, 5.74) is 0.674. The average molecular weight is 231 g/mol. The van der Waals surface area contributed by atoms with Gasteiger partial charge in [0.05, 0.1) is 0 Å². The van der Waals surface area contributed by atoms with Crippen LogP contribution in [0, 0.1) is 0 Å². The number of hydrogen-bond acceptors (Lipinski definition) is 3. The number of rotatable bonds is 2. The molecule has 1 heterocycles. The third-order valence-electron chi connectivity index (χ3n) is 3.41. The highest BCUT2D eigenvalue weighted by atomic mass is 28.4. The molecule has 1 aliphatic rings. The van der Waals surface area contributed by atoms with E-state index >= 15 is 0 Å². The fourth-order valence-electron chi connectivity index (χ4n) is 2.67. The van der Waals surface area contributed by atoms with Crippen LogP contribution in [0.1, 0.15) is 40.5 Å². The van der Waals surface area contributed by atoms with E-state index in [4.69, 9.17) is 8.85 Å². The smallest absolute Gasteiger partial charge is 0.386 e. The van der Waals surface area contributed by atoms with Crippen molar-refractivity contribution in [3.63, 3.8) is 0 Å². The van der Waals surface area contributed by atoms with E-state index in [1.54, 1.807) is 14.2 Å². The first kappa shape index (κ1) is 13.2. The standard InChI is InChI=1S/C11H25NO2Si/c1-10-8-7-9-12(11(2,3)4)15(10,13-5)14-6/h10H,7-9H2,1-6H3. The summed E-state index contributed by atoms with van der Waals surface area (Å²) in [6.07, 6.45) is 2.47. The van der Waals surface area contributed by atoms with Crippen LogP contribution in [0.3, 0.4) is 0 Å². The maximum atomic E-state index is 5.82. The molecule has 0 amide bonds. The van der Waals surface area contributed by atoms with E-state index in [-0.39, 0.29) is 5.54 Å². The zero-order chi connectivity index (χ0) is 11.7. The Labute approximate surface area is 95.1 Å². The van der Waals surface area contributed by atoms with Crippen LogP contribution in [0.4, 0.5) is 0 Å².